The fourth-order valence-electron chi connectivity index (χ4n) is 3.94. The topological polar surface area (TPSA) is 53.5 Å². The first kappa shape index (κ1) is 16.3. The van der Waals surface area contributed by atoms with E-state index in [1.807, 2.05) is 24.3 Å². The Morgan fingerprint density at radius 1 is 1.04 bits per heavy atom. The van der Waals surface area contributed by atoms with Crippen molar-refractivity contribution in [2.75, 3.05) is 18.0 Å². The molecule has 0 spiro atoms. The Labute approximate surface area is 151 Å². The highest BCUT2D eigenvalue weighted by Gasteiger charge is 2.34. The molecule has 0 aliphatic carbocycles. The number of fused-ring (bicyclic) bond motifs is 1. The number of anilines is 1. The van der Waals surface area contributed by atoms with E-state index >= 15 is 0 Å². The molecule has 4 rings (SSSR count). The Kier molecular flexibility index (Phi) is 4.34. The maximum atomic E-state index is 12.1. The Morgan fingerprint density at radius 2 is 1.76 bits per heavy atom. The number of carbonyl (C=O) groups excluding carboxylic acids is 2. The number of carbonyl (C=O) groups is 2. The fraction of sp³-hybridized carbons (Fsp3) is 0.421. The van der Waals surface area contributed by atoms with E-state index in [4.69, 9.17) is 11.6 Å². The van der Waals surface area contributed by atoms with E-state index < -0.39 is 0 Å². The predicted molar refractivity (Wildman–Crippen MR) is 97.7 cm³/mol. The van der Waals surface area contributed by atoms with Crippen molar-refractivity contribution in [3.05, 3.63) is 35.5 Å². The lowest BCUT2D eigenvalue weighted by Crippen LogP contribution is -2.51. The minimum Gasteiger partial charge on any atom is -0.371 e. The number of benzene rings is 1. The van der Waals surface area contributed by atoms with E-state index in [0.29, 0.717) is 24.3 Å². The lowest BCUT2D eigenvalue weighted by atomic mass is 9.98. The van der Waals surface area contributed by atoms with Gasteiger partial charge in [-0.25, -0.2) is 0 Å². The van der Waals surface area contributed by atoms with Crippen molar-refractivity contribution in [3.8, 4) is 0 Å². The number of rotatable bonds is 2. The number of imide groups is 1. The molecule has 130 valence electrons. The number of hydrogen-bond donors (Lipinski definition) is 0. The van der Waals surface area contributed by atoms with Crippen LogP contribution in [0.3, 0.4) is 0 Å². The number of nitrogens with zero attached hydrogens (tertiary/aromatic N) is 3. The van der Waals surface area contributed by atoms with Gasteiger partial charge in [0.25, 0.3) is 0 Å². The molecule has 0 radical (unpaired) electrons. The molecule has 0 saturated carbocycles. The van der Waals surface area contributed by atoms with Gasteiger partial charge in [0.2, 0.25) is 11.8 Å². The molecular weight excluding hydrogens is 338 g/mol. The van der Waals surface area contributed by atoms with Crippen LogP contribution in [-0.2, 0) is 9.59 Å². The Balaban J connectivity index is 1.54. The molecule has 2 fully saturated rings. The first-order valence-corrected chi connectivity index (χ1v) is 9.16. The molecule has 6 heteroatoms. The summed E-state index contributed by atoms with van der Waals surface area (Å²) in [7, 11) is 0. The third kappa shape index (κ3) is 2.97. The van der Waals surface area contributed by atoms with E-state index in [-0.39, 0.29) is 17.9 Å². The summed E-state index contributed by atoms with van der Waals surface area (Å²) >= 11 is 6.26. The van der Waals surface area contributed by atoms with Crippen molar-refractivity contribution in [1.82, 2.24) is 9.88 Å². The van der Waals surface area contributed by atoms with Crippen LogP contribution >= 0.6 is 11.6 Å². The van der Waals surface area contributed by atoms with E-state index in [1.54, 1.807) is 6.20 Å². The number of para-hydroxylation sites is 1. The summed E-state index contributed by atoms with van der Waals surface area (Å²) in [5.41, 5.74) is 1.92. The molecule has 0 atom stereocenters. The highest BCUT2D eigenvalue weighted by Crippen LogP contribution is 2.32. The number of aromatic nitrogens is 1. The largest absolute Gasteiger partial charge is 0.371 e. The zero-order valence-electron chi connectivity index (χ0n) is 13.9. The molecule has 1 aromatic carbocycles. The summed E-state index contributed by atoms with van der Waals surface area (Å²) in [5.74, 6) is -0.00770. The summed E-state index contributed by atoms with van der Waals surface area (Å²) in [5, 5.41) is 1.69. The van der Waals surface area contributed by atoms with E-state index in [1.165, 1.54) is 4.90 Å². The third-order valence-electron chi connectivity index (χ3n) is 5.19. The normalized spacial score (nSPS) is 19.7. The van der Waals surface area contributed by atoms with Gasteiger partial charge in [-0.1, -0.05) is 23.7 Å². The third-order valence-corrected chi connectivity index (χ3v) is 5.49. The second kappa shape index (κ2) is 6.64. The molecule has 3 heterocycles. The minimum absolute atomic E-state index is 0.00385. The van der Waals surface area contributed by atoms with Crippen LogP contribution in [0.2, 0.25) is 5.02 Å². The first-order valence-electron chi connectivity index (χ1n) is 8.78. The molecule has 0 bridgehead atoms. The van der Waals surface area contributed by atoms with Gasteiger partial charge in [0.15, 0.2) is 0 Å². The van der Waals surface area contributed by atoms with Crippen molar-refractivity contribution in [2.24, 2.45) is 0 Å². The van der Waals surface area contributed by atoms with Crippen molar-refractivity contribution >= 4 is 40.0 Å². The molecule has 25 heavy (non-hydrogen) atoms. The van der Waals surface area contributed by atoms with Crippen molar-refractivity contribution in [1.29, 1.82) is 0 Å². The van der Waals surface area contributed by atoms with Crippen molar-refractivity contribution in [3.63, 3.8) is 0 Å². The smallest absolute Gasteiger partial charge is 0.229 e. The highest BCUT2D eigenvalue weighted by atomic mass is 35.5. The average Bonchev–Trinajstić information content (AvgIpc) is 2.62. The second-order valence-electron chi connectivity index (χ2n) is 6.70. The number of likely N-dealkylation sites (tertiary alicyclic amines) is 1. The van der Waals surface area contributed by atoms with Gasteiger partial charge in [-0.2, -0.15) is 0 Å². The average molecular weight is 358 g/mol. The summed E-state index contributed by atoms with van der Waals surface area (Å²) in [6.45, 7) is 1.63. The van der Waals surface area contributed by atoms with Gasteiger partial charge < -0.3 is 4.90 Å². The summed E-state index contributed by atoms with van der Waals surface area (Å²) in [6, 6.07) is 7.87. The summed E-state index contributed by atoms with van der Waals surface area (Å²) < 4.78 is 0. The van der Waals surface area contributed by atoms with Gasteiger partial charge in [0, 0.05) is 49.2 Å². The molecule has 0 unspecified atom stereocenters. The van der Waals surface area contributed by atoms with E-state index in [2.05, 4.69) is 9.88 Å². The first-order chi connectivity index (χ1) is 12.1. The molecule has 2 saturated heterocycles. The number of piperidine rings is 2. The van der Waals surface area contributed by atoms with Crippen LogP contribution in [-0.4, -0.2) is 40.8 Å². The molecule has 2 aromatic rings. The zero-order valence-corrected chi connectivity index (χ0v) is 14.7. The zero-order chi connectivity index (χ0) is 17.4. The quantitative estimate of drug-likeness (QED) is 0.773. The van der Waals surface area contributed by atoms with Crippen LogP contribution in [0.25, 0.3) is 10.9 Å². The maximum absolute atomic E-state index is 12.1. The maximum Gasteiger partial charge on any atom is 0.229 e. The van der Waals surface area contributed by atoms with Gasteiger partial charge in [0.05, 0.1) is 10.5 Å². The SMILES string of the molecule is O=C1CCCC(=O)N1C1CCN(c2ccnc3c(Cl)cccc23)CC1. The lowest BCUT2D eigenvalue weighted by Gasteiger charge is -2.40. The van der Waals surface area contributed by atoms with Crippen molar-refractivity contribution in [2.45, 2.75) is 38.1 Å². The number of pyridine rings is 1. The van der Waals surface area contributed by atoms with Crippen LogP contribution in [0.15, 0.2) is 30.5 Å². The monoisotopic (exact) mass is 357 g/mol. The van der Waals surface area contributed by atoms with Gasteiger partial charge in [-0.15, -0.1) is 0 Å². The van der Waals surface area contributed by atoms with Gasteiger partial charge in [-0.3, -0.25) is 19.5 Å². The lowest BCUT2D eigenvalue weighted by molar-refractivity contribution is -0.151. The standard InChI is InChI=1S/C19H20ClN3O2/c20-15-4-1-3-14-16(7-10-21-19(14)15)22-11-8-13(9-12-22)23-17(24)5-2-6-18(23)25/h1,3-4,7,10,13H,2,5-6,8-9,11-12H2. The summed E-state index contributed by atoms with van der Waals surface area (Å²) in [6.07, 6.45) is 5.09. The molecule has 2 aliphatic rings. The van der Waals surface area contributed by atoms with Crippen LogP contribution in [0.4, 0.5) is 5.69 Å². The Bertz CT molecular complexity index is 815. The van der Waals surface area contributed by atoms with Gasteiger partial charge >= 0.3 is 0 Å². The highest BCUT2D eigenvalue weighted by molar-refractivity contribution is 6.35. The summed E-state index contributed by atoms with van der Waals surface area (Å²) in [4.78, 5) is 32.5. The predicted octanol–water partition coefficient (Wildman–Crippen LogP) is 3.40. The number of amides is 2. The van der Waals surface area contributed by atoms with Crippen molar-refractivity contribution < 1.29 is 9.59 Å². The molecule has 2 aliphatic heterocycles. The Morgan fingerprint density at radius 3 is 2.48 bits per heavy atom. The van der Waals surface area contributed by atoms with E-state index in [9.17, 15) is 9.59 Å². The second-order valence-corrected chi connectivity index (χ2v) is 7.10. The molecular formula is C19H20ClN3O2. The van der Waals surface area contributed by atoms with Crippen LogP contribution < -0.4 is 4.90 Å². The Hall–Kier alpha value is -2.14. The van der Waals surface area contributed by atoms with E-state index in [0.717, 1.165) is 42.5 Å². The molecule has 2 amide bonds. The van der Waals surface area contributed by atoms with Crippen LogP contribution in [0, 0.1) is 0 Å². The number of hydrogen-bond acceptors (Lipinski definition) is 4. The molecule has 0 N–H and O–H groups in total. The van der Waals surface area contributed by atoms with Gasteiger partial charge in [-0.05, 0) is 31.4 Å². The minimum atomic E-state index is -0.00385. The van der Waals surface area contributed by atoms with Crippen LogP contribution in [0.1, 0.15) is 32.1 Å². The van der Waals surface area contributed by atoms with Crippen LogP contribution in [0.5, 0.6) is 0 Å². The molecule has 5 nitrogen and oxygen atoms in total. The fourth-order valence-corrected chi connectivity index (χ4v) is 4.17. The van der Waals surface area contributed by atoms with Gasteiger partial charge in [0.1, 0.15) is 0 Å². The number of halogens is 1. The molecule has 1 aromatic heterocycles.